The van der Waals surface area contributed by atoms with Crippen LogP contribution in [-0.2, 0) is 36.7 Å². The summed E-state index contributed by atoms with van der Waals surface area (Å²) in [5, 5.41) is 5.08. The van der Waals surface area contributed by atoms with Crippen LogP contribution in [0.1, 0.15) is 11.3 Å². The molecule has 7 nitrogen and oxygen atoms in total. The summed E-state index contributed by atoms with van der Waals surface area (Å²) < 4.78 is 14.5. The van der Waals surface area contributed by atoms with Crippen LogP contribution < -0.4 is 4.74 Å². The highest BCUT2D eigenvalue weighted by atomic mass is 35.5. The molecule has 0 atom stereocenters. The van der Waals surface area contributed by atoms with E-state index < -0.39 is 0 Å². The number of fused-ring (bicyclic) bond motifs is 1. The van der Waals surface area contributed by atoms with Crippen molar-refractivity contribution < 1.29 is 14.3 Å². The molecule has 4 aromatic rings. The van der Waals surface area contributed by atoms with Crippen molar-refractivity contribution in [3.8, 4) is 17.0 Å². The van der Waals surface area contributed by atoms with Crippen molar-refractivity contribution in [2.75, 3.05) is 7.11 Å². The Morgan fingerprint density at radius 3 is 2.77 bits per heavy atom. The molecule has 8 heteroatoms. The lowest BCUT2D eigenvalue weighted by atomic mass is 10.1. The van der Waals surface area contributed by atoms with Crippen molar-refractivity contribution in [1.29, 1.82) is 0 Å². The van der Waals surface area contributed by atoms with E-state index in [-0.39, 0.29) is 19.0 Å². The van der Waals surface area contributed by atoms with Crippen LogP contribution in [0, 0.1) is 0 Å². The summed E-state index contributed by atoms with van der Waals surface area (Å²) >= 11 is 6.04. The maximum Gasteiger partial charge on any atom is 0.312 e. The number of aromatic nitrogens is 4. The first-order valence-electron chi connectivity index (χ1n) is 9.37. The number of halogens is 1. The normalized spacial score (nSPS) is 11.1. The minimum atomic E-state index is -0.325. The lowest BCUT2D eigenvalue weighted by Crippen LogP contribution is -2.11. The number of nitrogens with zero attached hydrogens (tertiary/aromatic N) is 4. The zero-order valence-corrected chi connectivity index (χ0v) is 17.7. The average molecular weight is 425 g/mol. The predicted molar refractivity (Wildman–Crippen MR) is 114 cm³/mol. The first kappa shape index (κ1) is 20.0. The highest BCUT2D eigenvalue weighted by molar-refractivity contribution is 6.30. The quantitative estimate of drug-likeness (QED) is 0.439. The van der Waals surface area contributed by atoms with Gasteiger partial charge in [-0.05, 0) is 42.0 Å². The highest BCUT2D eigenvalue weighted by Gasteiger charge is 2.15. The van der Waals surface area contributed by atoms with Crippen LogP contribution in [0.15, 0.2) is 48.8 Å². The van der Waals surface area contributed by atoms with Gasteiger partial charge in [-0.25, -0.2) is 4.98 Å². The zero-order chi connectivity index (χ0) is 21.3. The van der Waals surface area contributed by atoms with Crippen molar-refractivity contribution in [2.45, 2.75) is 13.0 Å². The first-order chi connectivity index (χ1) is 14.4. The number of methoxy groups -OCH3 is 1. The molecule has 0 fully saturated rings. The van der Waals surface area contributed by atoms with Gasteiger partial charge in [0.05, 0.1) is 36.6 Å². The molecule has 0 aliphatic heterocycles. The van der Waals surface area contributed by atoms with Crippen LogP contribution in [0.2, 0.25) is 5.02 Å². The fraction of sp³-hybridized carbons (Fsp3) is 0.227. The third-order valence-corrected chi connectivity index (χ3v) is 5.17. The topological polar surface area (TPSA) is 71.2 Å². The Morgan fingerprint density at radius 1 is 1.13 bits per heavy atom. The molecule has 0 unspecified atom stereocenters. The van der Waals surface area contributed by atoms with Crippen molar-refractivity contribution in [3.05, 3.63) is 65.1 Å². The van der Waals surface area contributed by atoms with E-state index in [1.165, 1.54) is 0 Å². The third kappa shape index (κ3) is 4.02. The number of benzene rings is 2. The second-order valence-corrected chi connectivity index (χ2v) is 7.44. The molecule has 0 spiro atoms. The molecule has 0 aliphatic rings. The minimum absolute atomic E-state index is 0.116. The number of hydrogen-bond acceptors (Lipinski definition) is 5. The molecule has 2 heterocycles. The molecule has 0 saturated carbocycles. The summed E-state index contributed by atoms with van der Waals surface area (Å²) in [5.41, 5.74) is 5.05. The van der Waals surface area contributed by atoms with Crippen molar-refractivity contribution in [3.63, 3.8) is 0 Å². The molecule has 0 saturated heterocycles. The van der Waals surface area contributed by atoms with Gasteiger partial charge in [-0.15, -0.1) is 0 Å². The maximum absolute atomic E-state index is 12.4. The molecular weight excluding hydrogens is 404 g/mol. The van der Waals surface area contributed by atoms with Crippen LogP contribution in [0.25, 0.3) is 22.3 Å². The molecule has 2 aromatic carbocycles. The molecule has 0 radical (unpaired) electrons. The van der Waals surface area contributed by atoms with Crippen LogP contribution >= 0.6 is 11.6 Å². The fourth-order valence-electron chi connectivity index (χ4n) is 3.31. The summed E-state index contributed by atoms with van der Waals surface area (Å²) in [6.07, 6.45) is 1.88. The van der Waals surface area contributed by atoms with Gasteiger partial charge in [-0.3, -0.25) is 9.48 Å². The van der Waals surface area contributed by atoms with Gasteiger partial charge in [0.2, 0.25) is 0 Å². The van der Waals surface area contributed by atoms with E-state index in [1.54, 1.807) is 37.3 Å². The monoisotopic (exact) mass is 424 g/mol. The summed E-state index contributed by atoms with van der Waals surface area (Å²) in [6.45, 7) is 0.195. The first-order valence-corrected chi connectivity index (χ1v) is 9.75. The van der Waals surface area contributed by atoms with E-state index >= 15 is 0 Å². The largest absolute Gasteiger partial charge is 0.496 e. The average Bonchev–Trinajstić information content (AvgIpc) is 3.28. The van der Waals surface area contributed by atoms with Crippen LogP contribution in [0.4, 0.5) is 0 Å². The number of hydrogen-bond donors (Lipinski definition) is 0. The molecule has 4 rings (SSSR count). The standard InChI is InChI=1S/C22H21ClN4O3/c1-26-13-24-19-8-14(4-7-20(19)26)12-30-22(28)11-16-10-18(25-27(16)2)17-6-5-15(23)9-21(17)29-3/h4-10,13H,11-12H2,1-3H3. The molecule has 0 amide bonds. The van der Waals surface area contributed by atoms with Gasteiger partial charge in [0, 0.05) is 30.4 Å². The molecule has 30 heavy (non-hydrogen) atoms. The number of aryl methyl sites for hydroxylation is 2. The Labute approximate surface area is 178 Å². The molecule has 2 aromatic heterocycles. The van der Waals surface area contributed by atoms with E-state index in [2.05, 4.69) is 10.1 Å². The van der Waals surface area contributed by atoms with E-state index in [4.69, 9.17) is 21.1 Å². The van der Waals surface area contributed by atoms with Crippen LogP contribution in [-0.4, -0.2) is 32.4 Å². The van der Waals surface area contributed by atoms with E-state index in [0.717, 1.165) is 27.9 Å². The Balaban J connectivity index is 1.44. The van der Waals surface area contributed by atoms with E-state index in [1.807, 2.05) is 41.9 Å². The van der Waals surface area contributed by atoms with Gasteiger partial charge < -0.3 is 14.0 Å². The smallest absolute Gasteiger partial charge is 0.312 e. The second-order valence-electron chi connectivity index (χ2n) is 7.01. The zero-order valence-electron chi connectivity index (χ0n) is 16.9. The Morgan fingerprint density at radius 2 is 1.97 bits per heavy atom. The van der Waals surface area contributed by atoms with Crippen molar-refractivity contribution in [1.82, 2.24) is 19.3 Å². The third-order valence-electron chi connectivity index (χ3n) is 4.93. The van der Waals surface area contributed by atoms with Crippen LogP contribution in [0.3, 0.4) is 0 Å². The molecule has 154 valence electrons. The number of rotatable bonds is 6. The fourth-order valence-corrected chi connectivity index (χ4v) is 3.48. The van der Waals surface area contributed by atoms with Crippen molar-refractivity contribution in [2.24, 2.45) is 14.1 Å². The van der Waals surface area contributed by atoms with Crippen LogP contribution in [0.5, 0.6) is 5.75 Å². The Kier molecular flexibility index (Phi) is 5.46. The summed E-state index contributed by atoms with van der Waals surface area (Å²) in [4.78, 5) is 16.7. The van der Waals surface area contributed by atoms with Gasteiger partial charge >= 0.3 is 5.97 Å². The molecule has 0 aliphatic carbocycles. The number of carbonyl (C=O) groups is 1. The van der Waals surface area contributed by atoms with Gasteiger partial charge in [-0.2, -0.15) is 5.10 Å². The van der Waals surface area contributed by atoms with Gasteiger partial charge in [-0.1, -0.05) is 17.7 Å². The maximum atomic E-state index is 12.4. The van der Waals surface area contributed by atoms with Gasteiger partial charge in [0.15, 0.2) is 0 Å². The number of imidazole rings is 1. The lowest BCUT2D eigenvalue weighted by molar-refractivity contribution is -0.144. The molecule has 0 bridgehead atoms. The van der Waals surface area contributed by atoms with Gasteiger partial charge in [0.25, 0.3) is 0 Å². The van der Waals surface area contributed by atoms with Crippen molar-refractivity contribution >= 4 is 28.6 Å². The molecular formula is C22H21ClN4O3. The minimum Gasteiger partial charge on any atom is -0.496 e. The highest BCUT2D eigenvalue weighted by Crippen LogP contribution is 2.32. The predicted octanol–water partition coefficient (Wildman–Crippen LogP) is 3.92. The molecule has 0 N–H and O–H groups in total. The lowest BCUT2D eigenvalue weighted by Gasteiger charge is -2.06. The Hall–Kier alpha value is -3.32. The number of esters is 1. The number of ether oxygens (including phenoxy) is 2. The summed E-state index contributed by atoms with van der Waals surface area (Å²) in [6, 6.07) is 13.0. The SMILES string of the molecule is COc1cc(Cl)ccc1-c1cc(CC(=O)OCc2ccc3c(c2)ncn3C)n(C)n1. The summed E-state index contributed by atoms with van der Waals surface area (Å²) in [5.74, 6) is 0.299. The van der Waals surface area contributed by atoms with E-state index in [9.17, 15) is 4.79 Å². The van der Waals surface area contributed by atoms with E-state index in [0.29, 0.717) is 16.5 Å². The summed E-state index contributed by atoms with van der Waals surface area (Å²) in [7, 11) is 5.32. The second kappa shape index (κ2) is 8.20. The number of carbonyl (C=O) groups excluding carboxylic acids is 1. The Bertz CT molecular complexity index is 1230. The van der Waals surface area contributed by atoms with Gasteiger partial charge in [0.1, 0.15) is 12.4 Å².